The predicted octanol–water partition coefficient (Wildman–Crippen LogP) is 5.55. The van der Waals surface area contributed by atoms with Crippen LogP contribution in [0.4, 0.5) is 0 Å². The van der Waals surface area contributed by atoms with Crippen molar-refractivity contribution in [2.75, 3.05) is 25.4 Å². The summed E-state index contributed by atoms with van der Waals surface area (Å²) in [7, 11) is 0. The number of rotatable bonds is 7. The Morgan fingerprint density at radius 3 is 1.95 bits per heavy atom. The highest BCUT2D eigenvalue weighted by molar-refractivity contribution is 7.80. The van der Waals surface area contributed by atoms with Crippen molar-refractivity contribution >= 4 is 12.6 Å². The Kier molecular flexibility index (Phi) is 6.93. The molecule has 0 aromatic rings. The van der Waals surface area contributed by atoms with Gasteiger partial charge in [0.25, 0.3) is 0 Å². The molecule has 0 atom stereocenters. The molecule has 0 unspecified atom stereocenters. The third kappa shape index (κ3) is 4.64. The number of hydrogen-bond donors (Lipinski definition) is 1. The normalized spacial score (nSPS) is 23.6. The van der Waals surface area contributed by atoms with E-state index in [-0.39, 0.29) is 0 Å². The fourth-order valence-electron chi connectivity index (χ4n) is 5.01. The van der Waals surface area contributed by atoms with Gasteiger partial charge in [-0.15, -0.1) is 0 Å². The van der Waals surface area contributed by atoms with Crippen molar-refractivity contribution in [3.63, 3.8) is 0 Å². The molecule has 1 saturated carbocycles. The fourth-order valence-corrected chi connectivity index (χ4v) is 5.43. The summed E-state index contributed by atoms with van der Waals surface area (Å²) in [4.78, 5) is 2.78. The van der Waals surface area contributed by atoms with E-state index in [1.807, 2.05) is 0 Å². The average Bonchev–Trinajstić information content (AvgIpc) is 2.51. The Balaban J connectivity index is 1.88. The second-order valence-corrected chi connectivity index (χ2v) is 8.31. The zero-order chi connectivity index (χ0) is 15.2. The van der Waals surface area contributed by atoms with Gasteiger partial charge in [-0.25, -0.2) is 0 Å². The van der Waals surface area contributed by atoms with E-state index in [1.165, 1.54) is 90.3 Å². The lowest BCUT2D eigenvalue weighted by Crippen LogP contribution is -2.46. The predicted molar refractivity (Wildman–Crippen MR) is 97.3 cm³/mol. The maximum absolute atomic E-state index is 4.74. The molecule has 1 aliphatic heterocycles. The van der Waals surface area contributed by atoms with Crippen LogP contribution in [-0.2, 0) is 0 Å². The van der Waals surface area contributed by atoms with Crippen molar-refractivity contribution in [2.45, 2.75) is 84.5 Å². The summed E-state index contributed by atoms with van der Waals surface area (Å²) in [6.45, 7) is 8.67. The molecule has 1 saturated heterocycles. The number of likely N-dealkylation sites (tertiary alicyclic amines) is 1. The molecule has 0 N–H and O–H groups in total. The van der Waals surface area contributed by atoms with Crippen LogP contribution < -0.4 is 0 Å². The highest BCUT2D eigenvalue weighted by atomic mass is 32.1. The minimum atomic E-state index is 0.476. The minimum absolute atomic E-state index is 0.476. The van der Waals surface area contributed by atoms with Crippen LogP contribution in [0, 0.1) is 10.8 Å². The Labute approximate surface area is 138 Å². The average molecular weight is 312 g/mol. The van der Waals surface area contributed by atoms with Crippen molar-refractivity contribution in [3.8, 4) is 0 Å². The molecule has 0 amide bonds. The molecule has 0 bridgehead atoms. The molecule has 0 aromatic carbocycles. The van der Waals surface area contributed by atoms with E-state index in [0.717, 1.165) is 11.2 Å². The van der Waals surface area contributed by atoms with E-state index < -0.39 is 0 Å². The van der Waals surface area contributed by atoms with Crippen molar-refractivity contribution in [1.82, 2.24) is 4.90 Å². The lowest BCUT2D eigenvalue weighted by atomic mass is 9.68. The van der Waals surface area contributed by atoms with E-state index >= 15 is 0 Å². The summed E-state index contributed by atoms with van der Waals surface area (Å²) in [5, 5.41) is 0. The summed E-state index contributed by atoms with van der Waals surface area (Å²) < 4.78 is 0. The van der Waals surface area contributed by atoms with Crippen LogP contribution in [-0.4, -0.2) is 30.3 Å². The molecule has 2 rings (SSSR count). The van der Waals surface area contributed by atoms with Gasteiger partial charge in [0, 0.05) is 6.54 Å². The maximum atomic E-state index is 4.74. The van der Waals surface area contributed by atoms with Gasteiger partial charge in [0.1, 0.15) is 0 Å². The van der Waals surface area contributed by atoms with E-state index in [2.05, 4.69) is 18.7 Å². The Morgan fingerprint density at radius 2 is 1.48 bits per heavy atom. The topological polar surface area (TPSA) is 3.24 Å². The zero-order valence-electron chi connectivity index (χ0n) is 14.5. The van der Waals surface area contributed by atoms with Gasteiger partial charge >= 0.3 is 0 Å². The Hall–Kier alpha value is 0.310. The Bertz CT molecular complexity index is 280. The minimum Gasteiger partial charge on any atom is -0.303 e. The smallest absolute Gasteiger partial charge is 0.00458 e. The first-order valence-electron chi connectivity index (χ1n) is 9.51. The quantitative estimate of drug-likeness (QED) is 0.603. The Morgan fingerprint density at radius 1 is 0.905 bits per heavy atom. The number of piperidine rings is 1. The highest BCUT2D eigenvalue weighted by Crippen LogP contribution is 2.45. The molecular formula is C19H37NS. The van der Waals surface area contributed by atoms with Crippen molar-refractivity contribution in [1.29, 1.82) is 0 Å². The molecule has 0 radical (unpaired) electrons. The van der Waals surface area contributed by atoms with Gasteiger partial charge in [0.2, 0.25) is 0 Å². The van der Waals surface area contributed by atoms with Crippen molar-refractivity contribution < 1.29 is 0 Å². The van der Waals surface area contributed by atoms with Gasteiger partial charge in [-0.3, -0.25) is 0 Å². The van der Waals surface area contributed by atoms with Crippen LogP contribution >= 0.6 is 12.6 Å². The molecular weight excluding hydrogens is 274 g/mol. The van der Waals surface area contributed by atoms with E-state index in [9.17, 15) is 0 Å². The van der Waals surface area contributed by atoms with Crippen LogP contribution in [0.1, 0.15) is 84.5 Å². The first kappa shape index (κ1) is 17.7. The fraction of sp³-hybridized carbons (Fsp3) is 1.00. The molecule has 1 aliphatic carbocycles. The van der Waals surface area contributed by atoms with Gasteiger partial charge in [-0.1, -0.05) is 46.0 Å². The number of hydrogen-bond acceptors (Lipinski definition) is 2. The van der Waals surface area contributed by atoms with E-state index in [0.29, 0.717) is 5.41 Å². The molecule has 0 aromatic heterocycles. The second kappa shape index (κ2) is 8.24. The largest absolute Gasteiger partial charge is 0.303 e. The standard InChI is InChI=1S/C19H37NS/c1-3-8-19(17-21,9-4-2)16-20-14-12-18(13-15-20)10-6-5-7-11-18/h21H,3-17H2,1-2H3. The molecule has 2 heteroatoms. The summed E-state index contributed by atoms with van der Waals surface area (Å²) in [5.41, 5.74) is 1.22. The van der Waals surface area contributed by atoms with E-state index in [4.69, 9.17) is 12.6 Å². The molecule has 1 spiro atoms. The summed E-state index contributed by atoms with van der Waals surface area (Å²) in [6.07, 6.45) is 15.8. The molecule has 2 aliphatic rings. The van der Waals surface area contributed by atoms with Crippen LogP contribution in [0.25, 0.3) is 0 Å². The zero-order valence-corrected chi connectivity index (χ0v) is 15.4. The number of nitrogens with zero attached hydrogens (tertiary/aromatic N) is 1. The second-order valence-electron chi connectivity index (χ2n) is 7.99. The van der Waals surface area contributed by atoms with Crippen molar-refractivity contribution in [2.24, 2.45) is 10.8 Å². The lowest BCUT2D eigenvalue weighted by molar-refractivity contribution is 0.0420. The molecule has 1 nitrogen and oxygen atoms in total. The molecule has 124 valence electrons. The molecule has 21 heavy (non-hydrogen) atoms. The first-order valence-corrected chi connectivity index (χ1v) is 10.1. The van der Waals surface area contributed by atoms with Gasteiger partial charge in [-0.2, -0.15) is 12.6 Å². The highest BCUT2D eigenvalue weighted by Gasteiger charge is 2.37. The van der Waals surface area contributed by atoms with Gasteiger partial charge in [0.05, 0.1) is 0 Å². The lowest BCUT2D eigenvalue weighted by Gasteiger charge is -2.47. The number of thiol groups is 1. The summed E-state index contributed by atoms with van der Waals surface area (Å²) in [6, 6.07) is 0. The molecule has 2 fully saturated rings. The van der Waals surface area contributed by atoms with Crippen molar-refractivity contribution in [3.05, 3.63) is 0 Å². The van der Waals surface area contributed by atoms with Crippen LogP contribution in [0.5, 0.6) is 0 Å². The first-order chi connectivity index (χ1) is 10.2. The third-order valence-electron chi connectivity index (χ3n) is 6.29. The van der Waals surface area contributed by atoms with Crippen LogP contribution in [0.2, 0.25) is 0 Å². The molecule has 1 heterocycles. The van der Waals surface area contributed by atoms with Crippen LogP contribution in [0.15, 0.2) is 0 Å². The van der Waals surface area contributed by atoms with Gasteiger partial charge in [0.15, 0.2) is 0 Å². The third-order valence-corrected chi connectivity index (χ3v) is 6.96. The maximum Gasteiger partial charge on any atom is 0.00458 e. The summed E-state index contributed by atoms with van der Waals surface area (Å²) >= 11 is 4.74. The van der Waals surface area contributed by atoms with Gasteiger partial charge < -0.3 is 4.90 Å². The monoisotopic (exact) mass is 311 g/mol. The SMILES string of the molecule is CCCC(CS)(CCC)CN1CCC2(CCCCC2)CC1. The van der Waals surface area contributed by atoms with Gasteiger partial charge in [-0.05, 0) is 68.2 Å². The summed E-state index contributed by atoms with van der Waals surface area (Å²) in [5.74, 6) is 1.07. The van der Waals surface area contributed by atoms with Crippen LogP contribution in [0.3, 0.4) is 0 Å². The van der Waals surface area contributed by atoms with E-state index in [1.54, 1.807) is 0 Å².